The number of carbonyl (C=O) groups excluding carboxylic acids is 2. The van der Waals surface area contributed by atoms with Crippen molar-refractivity contribution in [3.8, 4) is 5.75 Å². The Kier molecular flexibility index (Phi) is 4.79. The van der Waals surface area contributed by atoms with Crippen LogP contribution >= 0.6 is 11.3 Å². The molecule has 8 nitrogen and oxygen atoms in total. The molecule has 1 aromatic carbocycles. The largest absolute Gasteiger partial charge is 0.488 e. The first kappa shape index (κ1) is 19.4. The second-order valence-electron chi connectivity index (χ2n) is 7.09. The van der Waals surface area contributed by atoms with Gasteiger partial charge in [-0.3, -0.25) is 9.59 Å². The SMILES string of the molecule is Cc1ncsc1COc1ccc2oc(C)c(C(=O)N(C)C3(C(N)=O)COC3)c2c1. The number of ether oxygens (including phenoxy) is 2. The molecule has 1 saturated heterocycles. The van der Waals surface area contributed by atoms with E-state index in [1.807, 2.05) is 6.92 Å². The van der Waals surface area contributed by atoms with Gasteiger partial charge in [0.1, 0.15) is 23.7 Å². The van der Waals surface area contributed by atoms with E-state index < -0.39 is 11.4 Å². The number of aryl methyl sites for hydroxylation is 2. The summed E-state index contributed by atoms with van der Waals surface area (Å²) in [7, 11) is 1.56. The predicted octanol–water partition coefficient (Wildman–Crippen LogP) is 2.41. The summed E-state index contributed by atoms with van der Waals surface area (Å²) in [6.45, 7) is 4.22. The number of thiazole rings is 1. The number of hydrogen-bond acceptors (Lipinski definition) is 7. The lowest BCUT2D eigenvalue weighted by atomic mass is 9.93. The van der Waals surface area contributed by atoms with Crippen LogP contribution < -0.4 is 10.5 Å². The molecule has 0 unspecified atom stereocenters. The fourth-order valence-electron chi connectivity index (χ4n) is 3.33. The van der Waals surface area contributed by atoms with Gasteiger partial charge in [0, 0.05) is 12.4 Å². The molecule has 1 fully saturated rings. The van der Waals surface area contributed by atoms with Crippen LogP contribution in [0.4, 0.5) is 0 Å². The number of aromatic nitrogens is 1. The molecule has 2 aromatic heterocycles. The minimum Gasteiger partial charge on any atom is -0.488 e. The standard InChI is InChI=1S/C20H21N3O5S/c1-11-16(29-10-22-11)7-27-13-4-5-15-14(6-13)17(12(2)28-15)18(24)23(3)20(19(21)25)8-26-9-20/h4-6,10H,7-9H2,1-3H3,(H2,21,25). The van der Waals surface area contributed by atoms with E-state index in [0.29, 0.717) is 34.6 Å². The molecule has 0 aliphatic carbocycles. The highest BCUT2D eigenvalue weighted by atomic mass is 32.1. The third kappa shape index (κ3) is 3.16. The Bertz CT molecular complexity index is 1100. The first-order chi connectivity index (χ1) is 13.8. The Balaban J connectivity index is 1.65. The molecule has 2 N–H and O–H groups in total. The van der Waals surface area contributed by atoms with Gasteiger partial charge in [0.05, 0.1) is 34.9 Å². The second-order valence-corrected chi connectivity index (χ2v) is 8.03. The molecule has 4 rings (SSSR count). The van der Waals surface area contributed by atoms with E-state index in [0.717, 1.165) is 10.6 Å². The minimum atomic E-state index is -1.13. The van der Waals surface area contributed by atoms with E-state index in [-0.39, 0.29) is 19.1 Å². The molecular formula is C20H21N3O5S. The van der Waals surface area contributed by atoms with Crippen molar-refractivity contribution in [2.45, 2.75) is 26.0 Å². The lowest BCUT2D eigenvalue weighted by molar-refractivity contribution is -0.158. The number of rotatable bonds is 6. The van der Waals surface area contributed by atoms with Crippen LogP contribution in [0.1, 0.15) is 26.7 Å². The van der Waals surface area contributed by atoms with E-state index in [2.05, 4.69) is 4.98 Å². The summed E-state index contributed by atoms with van der Waals surface area (Å²) in [5.41, 5.74) is 8.07. The summed E-state index contributed by atoms with van der Waals surface area (Å²) >= 11 is 1.53. The highest BCUT2D eigenvalue weighted by Gasteiger charge is 2.50. The van der Waals surface area contributed by atoms with Crippen molar-refractivity contribution in [3.63, 3.8) is 0 Å². The number of amides is 2. The first-order valence-electron chi connectivity index (χ1n) is 9.04. The molecular weight excluding hydrogens is 394 g/mol. The molecule has 152 valence electrons. The van der Waals surface area contributed by atoms with E-state index in [1.54, 1.807) is 37.7 Å². The highest BCUT2D eigenvalue weighted by Crippen LogP contribution is 2.33. The second kappa shape index (κ2) is 7.16. The molecule has 3 aromatic rings. The van der Waals surface area contributed by atoms with Crippen molar-refractivity contribution in [2.24, 2.45) is 5.73 Å². The van der Waals surface area contributed by atoms with E-state index in [4.69, 9.17) is 19.6 Å². The van der Waals surface area contributed by atoms with Crippen molar-refractivity contribution >= 4 is 34.1 Å². The van der Waals surface area contributed by atoms with Gasteiger partial charge in [0.25, 0.3) is 5.91 Å². The van der Waals surface area contributed by atoms with Gasteiger partial charge in [-0.1, -0.05) is 0 Å². The van der Waals surface area contributed by atoms with Crippen molar-refractivity contribution in [2.75, 3.05) is 20.3 Å². The molecule has 29 heavy (non-hydrogen) atoms. The van der Waals surface area contributed by atoms with Crippen LogP contribution in [0.15, 0.2) is 28.1 Å². The number of likely N-dealkylation sites (N-methyl/N-ethyl adjacent to an activating group) is 1. The number of nitrogens with two attached hydrogens (primary N) is 1. The van der Waals surface area contributed by atoms with Crippen molar-refractivity contribution in [1.29, 1.82) is 0 Å². The Morgan fingerprint density at radius 3 is 2.69 bits per heavy atom. The summed E-state index contributed by atoms with van der Waals surface area (Å²) in [6.07, 6.45) is 0. The third-order valence-electron chi connectivity index (χ3n) is 5.35. The zero-order chi connectivity index (χ0) is 20.8. The van der Waals surface area contributed by atoms with Crippen LogP contribution in [0, 0.1) is 13.8 Å². The maximum absolute atomic E-state index is 13.2. The lowest BCUT2D eigenvalue weighted by Crippen LogP contribution is -2.69. The van der Waals surface area contributed by atoms with Gasteiger partial charge in [-0.2, -0.15) is 0 Å². The summed E-state index contributed by atoms with van der Waals surface area (Å²) in [5.74, 6) is 0.138. The predicted molar refractivity (Wildman–Crippen MR) is 107 cm³/mol. The van der Waals surface area contributed by atoms with Gasteiger partial charge >= 0.3 is 0 Å². The van der Waals surface area contributed by atoms with Gasteiger partial charge in [-0.05, 0) is 32.0 Å². The zero-order valence-electron chi connectivity index (χ0n) is 16.4. The summed E-state index contributed by atoms with van der Waals surface area (Å²) in [5, 5.41) is 0.623. The normalized spacial score (nSPS) is 15.1. The van der Waals surface area contributed by atoms with Gasteiger partial charge < -0.3 is 24.5 Å². The third-order valence-corrected chi connectivity index (χ3v) is 6.26. The molecule has 0 atom stereocenters. The lowest BCUT2D eigenvalue weighted by Gasteiger charge is -2.45. The number of nitrogens with zero attached hydrogens (tertiary/aromatic N) is 2. The average molecular weight is 415 g/mol. The molecule has 1 aliphatic rings. The minimum absolute atomic E-state index is 0.0853. The van der Waals surface area contributed by atoms with Crippen LogP contribution in [0.5, 0.6) is 5.75 Å². The summed E-state index contributed by atoms with van der Waals surface area (Å²) in [6, 6.07) is 5.34. The maximum Gasteiger partial charge on any atom is 0.258 e. The number of furan rings is 1. The molecule has 2 amide bonds. The van der Waals surface area contributed by atoms with Gasteiger partial charge in [-0.25, -0.2) is 4.98 Å². The van der Waals surface area contributed by atoms with Crippen LogP contribution in [-0.4, -0.2) is 47.5 Å². The number of primary amides is 1. The number of hydrogen-bond donors (Lipinski definition) is 1. The van der Waals surface area contributed by atoms with Crippen LogP contribution in [0.2, 0.25) is 0 Å². The highest BCUT2D eigenvalue weighted by molar-refractivity contribution is 7.09. The van der Waals surface area contributed by atoms with Gasteiger partial charge in [0.2, 0.25) is 5.91 Å². The van der Waals surface area contributed by atoms with Crippen molar-refractivity contribution in [1.82, 2.24) is 9.88 Å². The Morgan fingerprint density at radius 2 is 2.10 bits per heavy atom. The van der Waals surface area contributed by atoms with E-state index in [1.165, 1.54) is 16.2 Å². The molecule has 9 heteroatoms. The van der Waals surface area contributed by atoms with Crippen LogP contribution in [0.25, 0.3) is 11.0 Å². The molecule has 3 heterocycles. The van der Waals surface area contributed by atoms with Crippen LogP contribution in [-0.2, 0) is 16.1 Å². The van der Waals surface area contributed by atoms with Crippen molar-refractivity contribution in [3.05, 3.63) is 45.6 Å². The quantitative estimate of drug-likeness (QED) is 0.662. The first-order valence-corrected chi connectivity index (χ1v) is 9.92. The Hall–Kier alpha value is -2.91. The Labute approximate surface area is 171 Å². The fraction of sp³-hybridized carbons (Fsp3) is 0.350. The number of benzene rings is 1. The summed E-state index contributed by atoms with van der Waals surface area (Å²) < 4.78 is 16.8. The van der Waals surface area contributed by atoms with Crippen molar-refractivity contribution < 1.29 is 23.5 Å². The monoisotopic (exact) mass is 415 g/mol. The fourth-order valence-corrected chi connectivity index (χ4v) is 4.02. The number of fused-ring (bicyclic) bond motifs is 1. The Morgan fingerprint density at radius 1 is 1.34 bits per heavy atom. The van der Waals surface area contributed by atoms with Gasteiger partial charge in [0.15, 0.2) is 5.54 Å². The maximum atomic E-state index is 13.2. The van der Waals surface area contributed by atoms with E-state index >= 15 is 0 Å². The van der Waals surface area contributed by atoms with Gasteiger partial charge in [-0.15, -0.1) is 11.3 Å². The molecule has 0 radical (unpaired) electrons. The molecule has 0 bridgehead atoms. The van der Waals surface area contributed by atoms with E-state index in [9.17, 15) is 9.59 Å². The smallest absolute Gasteiger partial charge is 0.258 e. The topological polar surface area (TPSA) is 108 Å². The zero-order valence-corrected chi connectivity index (χ0v) is 17.2. The average Bonchev–Trinajstić information content (AvgIpc) is 3.19. The molecule has 0 spiro atoms. The molecule has 0 saturated carbocycles. The van der Waals surface area contributed by atoms with Crippen LogP contribution in [0.3, 0.4) is 0 Å². The molecule has 1 aliphatic heterocycles. The summed E-state index contributed by atoms with van der Waals surface area (Å²) in [4.78, 5) is 31.8. The number of carbonyl (C=O) groups is 2.